The first-order chi connectivity index (χ1) is 10.4. The predicted molar refractivity (Wildman–Crippen MR) is 65.8 cm³/mol. The fourth-order valence-corrected chi connectivity index (χ4v) is 2.35. The van der Waals surface area contributed by atoms with E-state index in [1.807, 2.05) is 0 Å². The van der Waals surface area contributed by atoms with Gasteiger partial charge in [0.05, 0.1) is 6.20 Å². The molecule has 23 heavy (non-hydrogen) atoms. The summed E-state index contributed by atoms with van der Waals surface area (Å²) in [5, 5.41) is 6.89. The number of aryl methyl sites for hydroxylation is 2. The second kappa shape index (κ2) is 5.20. The molecule has 1 aliphatic rings. The maximum atomic E-state index is 14.1. The molecule has 0 aliphatic carbocycles. The Morgan fingerprint density at radius 2 is 1.30 bits per heavy atom. The lowest BCUT2D eigenvalue weighted by Gasteiger charge is -2.31. The van der Waals surface area contributed by atoms with Gasteiger partial charge in [-0.05, 0) is 30.2 Å². The van der Waals surface area contributed by atoms with E-state index in [4.69, 9.17) is 0 Å². The fourth-order valence-electron chi connectivity index (χ4n) is 2.35. The molecule has 1 aliphatic heterocycles. The summed E-state index contributed by atoms with van der Waals surface area (Å²) in [7, 11) is 0. The zero-order valence-electron chi connectivity index (χ0n) is 11.7. The molecule has 125 valence electrons. The van der Waals surface area contributed by atoms with Gasteiger partial charge < -0.3 is 0 Å². The largest absolute Gasteiger partial charge is 0.435 e. The molecule has 0 atom stereocenters. The minimum absolute atomic E-state index is 0.00201. The van der Waals surface area contributed by atoms with Crippen molar-refractivity contribution in [3.8, 4) is 0 Å². The molecule has 0 amide bonds. The quantitative estimate of drug-likeness (QED) is 0.689. The standard InChI is InChI=1S/C13H9F7N3/c1-6-3-8(11(14,12(15,16)17)13(18,19)20)4-7(2)10(6)9-5-21-23-22-9/h3-5H,1-2H3. The van der Waals surface area contributed by atoms with E-state index in [1.54, 1.807) is 0 Å². The normalized spacial score (nSPS) is 15.6. The lowest BCUT2D eigenvalue weighted by atomic mass is 9.88. The average Bonchev–Trinajstić information content (AvgIpc) is 2.87. The molecule has 0 saturated carbocycles. The molecule has 0 aromatic heterocycles. The highest BCUT2D eigenvalue weighted by Gasteiger charge is 2.73. The summed E-state index contributed by atoms with van der Waals surface area (Å²) in [4.78, 5) is 0. The van der Waals surface area contributed by atoms with Crippen LogP contribution in [-0.2, 0) is 5.67 Å². The second-order valence-electron chi connectivity index (χ2n) is 4.96. The Hall–Kier alpha value is -2.13. The molecule has 1 aromatic rings. The Morgan fingerprint density at radius 3 is 1.65 bits per heavy atom. The Morgan fingerprint density at radius 1 is 0.826 bits per heavy atom. The van der Waals surface area contributed by atoms with Crippen molar-refractivity contribution in [2.24, 2.45) is 10.3 Å². The van der Waals surface area contributed by atoms with E-state index in [9.17, 15) is 30.7 Å². The van der Waals surface area contributed by atoms with Gasteiger partial charge in [0, 0.05) is 11.1 Å². The predicted octanol–water partition coefficient (Wildman–Crippen LogP) is 4.88. The highest BCUT2D eigenvalue weighted by atomic mass is 19.4. The Bertz CT molecular complexity index is 649. The van der Waals surface area contributed by atoms with Crippen LogP contribution in [0, 0.1) is 13.8 Å². The summed E-state index contributed by atoms with van der Waals surface area (Å²) in [6, 6.07) is 1.02. The van der Waals surface area contributed by atoms with Crippen molar-refractivity contribution in [1.29, 1.82) is 0 Å². The monoisotopic (exact) mass is 340 g/mol. The molecule has 0 spiro atoms. The summed E-state index contributed by atoms with van der Waals surface area (Å²) >= 11 is 0. The first-order valence-electron chi connectivity index (χ1n) is 6.15. The van der Waals surface area contributed by atoms with Crippen molar-refractivity contribution in [2.45, 2.75) is 31.9 Å². The number of benzene rings is 1. The first kappa shape index (κ1) is 17.2. The smallest absolute Gasteiger partial charge is 0.218 e. The van der Waals surface area contributed by atoms with Crippen LogP contribution in [0.3, 0.4) is 0 Å². The van der Waals surface area contributed by atoms with Crippen LogP contribution in [0.25, 0.3) is 5.70 Å². The molecule has 0 bridgehead atoms. The molecule has 10 heteroatoms. The van der Waals surface area contributed by atoms with E-state index in [-0.39, 0.29) is 22.4 Å². The molecule has 0 saturated heterocycles. The zero-order valence-corrected chi connectivity index (χ0v) is 11.7. The van der Waals surface area contributed by atoms with E-state index in [1.165, 1.54) is 20.0 Å². The van der Waals surface area contributed by atoms with Gasteiger partial charge in [-0.3, -0.25) is 0 Å². The van der Waals surface area contributed by atoms with Crippen molar-refractivity contribution in [2.75, 3.05) is 0 Å². The summed E-state index contributed by atoms with van der Waals surface area (Å²) in [5.41, 5.74) is -3.12. The van der Waals surface area contributed by atoms with Crippen LogP contribution in [0.5, 0.6) is 0 Å². The van der Waals surface area contributed by atoms with Crippen LogP contribution in [0.15, 0.2) is 28.7 Å². The van der Waals surface area contributed by atoms with Crippen molar-refractivity contribution < 1.29 is 30.7 Å². The van der Waals surface area contributed by atoms with Gasteiger partial charge >= 0.3 is 18.0 Å². The number of hydrogen-bond donors (Lipinski definition) is 0. The second-order valence-corrected chi connectivity index (χ2v) is 4.96. The van der Waals surface area contributed by atoms with Gasteiger partial charge in [-0.1, -0.05) is 12.1 Å². The van der Waals surface area contributed by atoms with E-state index in [2.05, 4.69) is 15.8 Å². The van der Waals surface area contributed by atoms with Crippen LogP contribution in [0.2, 0.25) is 0 Å². The molecular formula is C13H9F7N3. The lowest BCUT2D eigenvalue weighted by Crippen LogP contribution is -2.50. The van der Waals surface area contributed by atoms with E-state index in [0.717, 1.165) is 0 Å². The van der Waals surface area contributed by atoms with E-state index >= 15 is 0 Å². The molecular weight excluding hydrogens is 331 g/mol. The fraction of sp³-hybridized carbons (Fsp3) is 0.385. The topological polar surface area (TPSA) is 38.8 Å². The SMILES string of the molecule is Cc1cc(C(F)(C(F)(F)F)C(F)(F)F)cc(C)c1C1=C[N]N=N1. The molecule has 0 unspecified atom stereocenters. The van der Waals surface area contributed by atoms with E-state index in [0.29, 0.717) is 12.1 Å². The average molecular weight is 340 g/mol. The minimum Gasteiger partial charge on any atom is -0.218 e. The van der Waals surface area contributed by atoms with Gasteiger partial charge in [-0.25, -0.2) is 4.39 Å². The van der Waals surface area contributed by atoms with E-state index < -0.39 is 23.6 Å². The van der Waals surface area contributed by atoms with Gasteiger partial charge in [0.25, 0.3) is 0 Å². The number of nitrogens with zero attached hydrogens (tertiary/aromatic N) is 3. The Labute approximate surface area is 125 Å². The van der Waals surface area contributed by atoms with Crippen molar-refractivity contribution >= 4 is 5.70 Å². The highest BCUT2D eigenvalue weighted by molar-refractivity contribution is 5.70. The summed E-state index contributed by atoms with van der Waals surface area (Å²) in [6.45, 7) is 2.52. The summed E-state index contributed by atoms with van der Waals surface area (Å²) < 4.78 is 90.9. The number of hydrogen-bond acceptors (Lipinski definition) is 2. The van der Waals surface area contributed by atoms with Crippen molar-refractivity contribution in [3.63, 3.8) is 0 Å². The van der Waals surface area contributed by atoms with Gasteiger partial charge in [-0.2, -0.15) is 26.3 Å². The third-order valence-corrected chi connectivity index (χ3v) is 3.35. The number of halogens is 7. The van der Waals surface area contributed by atoms with Crippen molar-refractivity contribution in [3.05, 3.63) is 40.6 Å². The van der Waals surface area contributed by atoms with Gasteiger partial charge in [-0.15, -0.1) is 10.5 Å². The summed E-state index contributed by atoms with van der Waals surface area (Å²) in [6.07, 6.45) is -11.1. The number of rotatable bonds is 2. The molecule has 1 radical (unpaired) electrons. The van der Waals surface area contributed by atoms with Crippen LogP contribution in [0.1, 0.15) is 22.3 Å². The molecule has 2 rings (SSSR count). The minimum atomic E-state index is -6.15. The van der Waals surface area contributed by atoms with Gasteiger partial charge in [0.15, 0.2) is 0 Å². The molecule has 0 fully saturated rings. The third-order valence-electron chi connectivity index (χ3n) is 3.35. The highest BCUT2D eigenvalue weighted by Crippen LogP contribution is 2.53. The van der Waals surface area contributed by atoms with Crippen LogP contribution in [0.4, 0.5) is 30.7 Å². The Balaban J connectivity index is 2.67. The zero-order chi connectivity index (χ0) is 17.6. The van der Waals surface area contributed by atoms with Crippen molar-refractivity contribution in [1.82, 2.24) is 5.43 Å². The molecule has 1 aromatic carbocycles. The molecule has 3 nitrogen and oxygen atoms in total. The molecule has 1 heterocycles. The maximum Gasteiger partial charge on any atom is 0.435 e. The van der Waals surface area contributed by atoms with Crippen LogP contribution >= 0.6 is 0 Å². The third kappa shape index (κ3) is 2.66. The number of alkyl halides is 7. The molecule has 0 N–H and O–H groups in total. The lowest BCUT2D eigenvalue weighted by molar-refractivity contribution is -0.348. The maximum absolute atomic E-state index is 14.1. The summed E-state index contributed by atoms with van der Waals surface area (Å²) in [5.74, 6) is 0. The first-order valence-corrected chi connectivity index (χ1v) is 6.15. The van der Waals surface area contributed by atoms with Crippen LogP contribution < -0.4 is 5.43 Å². The Kier molecular flexibility index (Phi) is 3.90. The van der Waals surface area contributed by atoms with Gasteiger partial charge in [0.2, 0.25) is 0 Å². The van der Waals surface area contributed by atoms with Gasteiger partial charge in [0.1, 0.15) is 5.70 Å². The van der Waals surface area contributed by atoms with Crippen LogP contribution in [-0.4, -0.2) is 12.4 Å².